The molecule has 2 aromatic heterocycles. The minimum atomic E-state index is -0.338. The highest BCUT2D eigenvalue weighted by Gasteiger charge is 2.12. The number of halogens is 1. The van der Waals surface area contributed by atoms with E-state index in [9.17, 15) is 9.18 Å². The van der Waals surface area contributed by atoms with Crippen LogP contribution in [0.2, 0.25) is 0 Å². The highest BCUT2D eigenvalue weighted by Crippen LogP contribution is 2.25. The van der Waals surface area contributed by atoms with E-state index >= 15 is 0 Å². The van der Waals surface area contributed by atoms with Gasteiger partial charge in [0.1, 0.15) is 17.3 Å². The highest BCUT2D eigenvalue weighted by atomic mass is 32.1. The van der Waals surface area contributed by atoms with Crippen LogP contribution in [-0.4, -0.2) is 28.8 Å². The molecule has 0 saturated carbocycles. The molecule has 0 aliphatic carbocycles. The quantitative estimate of drug-likeness (QED) is 0.542. The summed E-state index contributed by atoms with van der Waals surface area (Å²) in [5.74, 6) is 1.30. The Kier molecular flexibility index (Phi) is 4.33. The smallest absolute Gasteiger partial charge is 0.291 e. The first-order valence-electron chi connectivity index (χ1n) is 7.98. The van der Waals surface area contributed by atoms with Gasteiger partial charge in [0.15, 0.2) is 5.82 Å². The van der Waals surface area contributed by atoms with Crippen molar-refractivity contribution < 1.29 is 13.9 Å². The Balaban J connectivity index is 1.79. The fourth-order valence-electron chi connectivity index (χ4n) is 2.63. The predicted octanol–water partition coefficient (Wildman–Crippen LogP) is 2.52. The second kappa shape index (κ2) is 6.81. The SMILES string of the molecule is COc1ccc(/C=c2\sc3nc(-c4ccc(F)cc4)nn3c2=O)c(OC)c1. The Morgan fingerprint density at radius 1 is 1.11 bits per heavy atom. The van der Waals surface area contributed by atoms with E-state index in [1.54, 1.807) is 44.6 Å². The zero-order chi connectivity index (χ0) is 19.0. The van der Waals surface area contributed by atoms with E-state index < -0.39 is 0 Å². The molecule has 136 valence electrons. The summed E-state index contributed by atoms with van der Waals surface area (Å²) >= 11 is 1.23. The summed E-state index contributed by atoms with van der Waals surface area (Å²) in [6, 6.07) is 11.2. The molecule has 0 aliphatic rings. The van der Waals surface area contributed by atoms with Crippen molar-refractivity contribution in [2.45, 2.75) is 0 Å². The molecule has 0 aliphatic heterocycles. The van der Waals surface area contributed by atoms with Crippen LogP contribution in [0, 0.1) is 5.82 Å². The first-order chi connectivity index (χ1) is 13.1. The third-order valence-corrected chi connectivity index (χ3v) is 4.97. The number of ether oxygens (including phenoxy) is 2. The van der Waals surface area contributed by atoms with Crippen LogP contribution in [0.1, 0.15) is 5.56 Å². The van der Waals surface area contributed by atoms with E-state index in [0.29, 0.717) is 32.4 Å². The molecule has 0 fully saturated rings. The molecule has 27 heavy (non-hydrogen) atoms. The molecule has 0 radical (unpaired) electrons. The highest BCUT2D eigenvalue weighted by molar-refractivity contribution is 7.15. The van der Waals surface area contributed by atoms with Gasteiger partial charge in [-0.1, -0.05) is 11.3 Å². The summed E-state index contributed by atoms with van der Waals surface area (Å²) in [6.07, 6.45) is 1.74. The van der Waals surface area contributed by atoms with Gasteiger partial charge in [-0.2, -0.15) is 9.50 Å². The van der Waals surface area contributed by atoms with Crippen LogP contribution < -0.4 is 19.6 Å². The van der Waals surface area contributed by atoms with Gasteiger partial charge in [-0.05, 0) is 42.5 Å². The van der Waals surface area contributed by atoms with E-state index in [-0.39, 0.29) is 11.4 Å². The first kappa shape index (κ1) is 17.2. The number of thiazole rings is 1. The maximum Gasteiger partial charge on any atom is 0.291 e. The van der Waals surface area contributed by atoms with Gasteiger partial charge in [-0.3, -0.25) is 4.79 Å². The molecule has 2 heterocycles. The van der Waals surface area contributed by atoms with Crippen molar-refractivity contribution in [3.05, 3.63) is 68.7 Å². The monoisotopic (exact) mass is 383 g/mol. The standard InChI is InChI=1S/C19H14FN3O3S/c1-25-14-8-5-12(15(10-14)26-2)9-16-18(24)23-19(27-16)21-17(22-23)11-3-6-13(20)7-4-11/h3-10H,1-2H3/b16-9-. The Bertz CT molecular complexity index is 1230. The van der Waals surface area contributed by atoms with E-state index in [1.807, 2.05) is 6.07 Å². The first-order valence-corrected chi connectivity index (χ1v) is 8.80. The molecule has 4 aromatic rings. The number of aromatic nitrogens is 3. The van der Waals surface area contributed by atoms with Gasteiger partial charge in [-0.25, -0.2) is 4.39 Å². The van der Waals surface area contributed by atoms with Gasteiger partial charge < -0.3 is 9.47 Å². The van der Waals surface area contributed by atoms with Gasteiger partial charge >= 0.3 is 0 Å². The zero-order valence-electron chi connectivity index (χ0n) is 14.5. The maximum atomic E-state index is 13.1. The maximum absolute atomic E-state index is 13.1. The van der Waals surface area contributed by atoms with Crippen molar-refractivity contribution >= 4 is 22.4 Å². The number of fused-ring (bicyclic) bond motifs is 1. The normalized spacial score (nSPS) is 11.9. The number of rotatable bonds is 4. The second-order valence-electron chi connectivity index (χ2n) is 5.66. The average molecular weight is 383 g/mol. The summed E-state index contributed by atoms with van der Waals surface area (Å²) in [7, 11) is 3.13. The number of nitrogens with zero attached hydrogens (tertiary/aromatic N) is 3. The molecule has 0 N–H and O–H groups in total. The second-order valence-corrected chi connectivity index (χ2v) is 6.67. The lowest BCUT2D eigenvalue weighted by Gasteiger charge is -2.06. The topological polar surface area (TPSA) is 65.7 Å². The number of hydrogen-bond donors (Lipinski definition) is 0. The lowest BCUT2D eigenvalue weighted by Crippen LogP contribution is -2.23. The van der Waals surface area contributed by atoms with Gasteiger partial charge in [0.25, 0.3) is 5.56 Å². The Morgan fingerprint density at radius 2 is 1.89 bits per heavy atom. The fourth-order valence-corrected chi connectivity index (χ4v) is 3.53. The lowest BCUT2D eigenvalue weighted by molar-refractivity contribution is 0.393. The summed E-state index contributed by atoms with van der Waals surface area (Å²) in [5, 5.41) is 4.25. The average Bonchev–Trinajstić information content (AvgIpc) is 3.22. The third kappa shape index (κ3) is 3.15. The Morgan fingerprint density at radius 3 is 2.56 bits per heavy atom. The van der Waals surface area contributed by atoms with Crippen LogP contribution in [0.5, 0.6) is 11.5 Å². The summed E-state index contributed by atoms with van der Waals surface area (Å²) < 4.78 is 25.4. The molecule has 8 heteroatoms. The number of benzene rings is 2. The summed E-state index contributed by atoms with van der Waals surface area (Å²) in [5.41, 5.74) is 1.13. The molecule has 6 nitrogen and oxygen atoms in total. The van der Waals surface area contributed by atoms with Crippen molar-refractivity contribution in [1.82, 2.24) is 14.6 Å². The van der Waals surface area contributed by atoms with Crippen LogP contribution in [0.4, 0.5) is 4.39 Å². The van der Waals surface area contributed by atoms with Gasteiger partial charge in [0, 0.05) is 17.2 Å². The van der Waals surface area contributed by atoms with E-state index in [0.717, 1.165) is 5.56 Å². The minimum Gasteiger partial charge on any atom is -0.497 e. The molecular weight excluding hydrogens is 369 g/mol. The molecule has 2 aromatic carbocycles. The van der Waals surface area contributed by atoms with Crippen molar-refractivity contribution in [1.29, 1.82) is 0 Å². The third-order valence-electron chi connectivity index (χ3n) is 4.01. The van der Waals surface area contributed by atoms with Crippen molar-refractivity contribution in [2.75, 3.05) is 14.2 Å². The van der Waals surface area contributed by atoms with Gasteiger partial charge in [0.05, 0.1) is 18.8 Å². The van der Waals surface area contributed by atoms with Gasteiger partial charge in [-0.15, -0.1) is 5.10 Å². The molecule has 0 bridgehead atoms. The molecule has 0 amide bonds. The van der Waals surface area contributed by atoms with Crippen LogP contribution in [-0.2, 0) is 0 Å². The lowest BCUT2D eigenvalue weighted by atomic mass is 10.2. The Hall–Kier alpha value is -3.26. The molecule has 0 unspecified atom stereocenters. The molecule has 0 saturated heterocycles. The largest absolute Gasteiger partial charge is 0.497 e. The zero-order valence-corrected chi connectivity index (χ0v) is 15.3. The fraction of sp³-hybridized carbons (Fsp3) is 0.105. The molecule has 4 rings (SSSR count). The predicted molar refractivity (Wildman–Crippen MR) is 101 cm³/mol. The summed E-state index contributed by atoms with van der Waals surface area (Å²) in [4.78, 5) is 17.5. The van der Waals surface area contributed by atoms with Crippen LogP contribution in [0.25, 0.3) is 22.4 Å². The van der Waals surface area contributed by atoms with Crippen LogP contribution in [0.3, 0.4) is 0 Å². The van der Waals surface area contributed by atoms with Crippen LogP contribution >= 0.6 is 11.3 Å². The Labute approximate surface area is 157 Å². The molecule has 0 atom stereocenters. The molecule has 0 spiro atoms. The summed E-state index contributed by atoms with van der Waals surface area (Å²) in [6.45, 7) is 0. The van der Waals surface area contributed by atoms with E-state index in [1.165, 1.54) is 28.0 Å². The van der Waals surface area contributed by atoms with E-state index in [4.69, 9.17) is 9.47 Å². The van der Waals surface area contributed by atoms with Gasteiger partial charge in [0.2, 0.25) is 4.96 Å². The van der Waals surface area contributed by atoms with Crippen molar-refractivity contribution in [2.24, 2.45) is 0 Å². The van der Waals surface area contributed by atoms with E-state index in [2.05, 4.69) is 10.1 Å². The van der Waals surface area contributed by atoms with Crippen molar-refractivity contribution in [3.63, 3.8) is 0 Å². The number of methoxy groups -OCH3 is 2. The van der Waals surface area contributed by atoms with Crippen molar-refractivity contribution in [3.8, 4) is 22.9 Å². The van der Waals surface area contributed by atoms with Crippen LogP contribution in [0.15, 0.2) is 47.3 Å². The number of hydrogen-bond acceptors (Lipinski definition) is 6. The molecular formula is C19H14FN3O3S. The minimum absolute atomic E-state index is 0.270.